The summed E-state index contributed by atoms with van der Waals surface area (Å²) in [6.07, 6.45) is 44.6. The lowest BCUT2D eigenvalue weighted by Crippen LogP contribution is -2.55. The van der Waals surface area contributed by atoms with E-state index in [9.17, 15) is 19.5 Å². The predicted octanol–water partition coefficient (Wildman–Crippen LogP) is 11.3. The smallest absolute Gasteiger partial charge is 0.306 e. The van der Waals surface area contributed by atoms with Crippen LogP contribution in [-0.2, 0) is 28.6 Å². The Labute approximate surface area is 344 Å². The Bertz CT molecular complexity index is 1020. The third-order valence-electron chi connectivity index (χ3n) is 10.3. The largest absolute Gasteiger partial charge is 0.544 e. The van der Waals surface area contributed by atoms with Gasteiger partial charge in [-0.05, 0) is 44.9 Å². The predicted molar refractivity (Wildman–Crippen MR) is 231 cm³/mol. The summed E-state index contributed by atoms with van der Waals surface area (Å²) < 4.78 is 17.2. The first-order valence-corrected chi connectivity index (χ1v) is 23.0. The molecule has 2 unspecified atom stereocenters. The van der Waals surface area contributed by atoms with Gasteiger partial charge in [-0.3, -0.25) is 9.59 Å². The molecular formula is C48H87NO7. The Balaban J connectivity index is 4.30. The van der Waals surface area contributed by atoms with Gasteiger partial charge in [0.15, 0.2) is 6.10 Å². The zero-order valence-electron chi connectivity index (χ0n) is 37.1. The maximum atomic E-state index is 12.7. The van der Waals surface area contributed by atoms with Crippen molar-refractivity contribution in [1.29, 1.82) is 0 Å². The molecule has 0 radical (unpaired) electrons. The number of carbonyl (C=O) groups is 3. The summed E-state index contributed by atoms with van der Waals surface area (Å²) in [7, 11) is 5.40. The molecule has 0 spiro atoms. The van der Waals surface area contributed by atoms with E-state index in [0.717, 1.165) is 70.6 Å². The molecule has 0 heterocycles. The fourth-order valence-corrected chi connectivity index (χ4v) is 6.73. The Morgan fingerprint density at radius 1 is 0.554 bits per heavy atom. The van der Waals surface area contributed by atoms with E-state index in [1.54, 1.807) is 21.1 Å². The topological polar surface area (TPSA) is 102 Å². The molecule has 0 saturated heterocycles. The van der Waals surface area contributed by atoms with Crippen LogP contribution < -0.4 is 5.11 Å². The number of carbonyl (C=O) groups excluding carboxylic acids is 3. The van der Waals surface area contributed by atoms with Crippen LogP contribution in [0, 0.1) is 0 Å². The molecule has 0 saturated carbocycles. The van der Waals surface area contributed by atoms with Gasteiger partial charge in [0, 0.05) is 19.3 Å². The van der Waals surface area contributed by atoms with E-state index in [2.05, 4.69) is 50.3 Å². The SMILES string of the molecule is CC/C=C/C/C=C/C/C=C/CCCCCCC(=O)OC(COCCC(C(=O)[O-])[N+](C)(C)C)COC(=O)CCCCCCCCCCCCCCCCCCCC. The third-order valence-corrected chi connectivity index (χ3v) is 10.3. The number of esters is 2. The van der Waals surface area contributed by atoms with Crippen LogP contribution in [0.15, 0.2) is 36.5 Å². The standard InChI is InChI=1S/C48H87NO7/c1-6-8-10-12-14-16-18-20-22-23-24-25-27-28-30-32-34-36-38-46(50)55-43-44(42-54-41-40-45(48(52)53)49(3,4)5)56-47(51)39-37-35-33-31-29-26-21-19-17-15-13-11-9-7-2/h9,11,15,17,21,26,44-45H,6-8,10,12-14,16,18-20,22-25,27-43H2,1-5H3/b11-9+,17-15+,26-21+. The summed E-state index contributed by atoms with van der Waals surface area (Å²) in [5.74, 6) is -1.76. The first kappa shape index (κ1) is 53.6. The molecule has 0 bridgehead atoms. The van der Waals surface area contributed by atoms with Gasteiger partial charge in [-0.2, -0.15) is 0 Å². The number of unbranched alkanes of at least 4 members (excludes halogenated alkanes) is 21. The summed E-state index contributed by atoms with van der Waals surface area (Å²) in [4.78, 5) is 36.9. The van der Waals surface area contributed by atoms with Crippen molar-refractivity contribution in [2.24, 2.45) is 0 Å². The summed E-state index contributed by atoms with van der Waals surface area (Å²) >= 11 is 0. The molecule has 8 nitrogen and oxygen atoms in total. The second-order valence-corrected chi connectivity index (χ2v) is 16.6. The molecule has 326 valence electrons. The Kier molecular flexibility index (Phi) is 37.7. The van der Waals surface area contributed by atoms with Crippen LogP contribution in [0.4, 0.5) is 0 Å². The summed E-state index contributed by atoms with van der Waals surface area (Å²) in [5, 5.41) is 11.6. The van der Waals surface area contributed by atoms with Crippen molar-refractivity contribution in [1.82, 2.24) is 0 Å². The van der Waals surface area contributed by atoms with Gasteiger partial charge in [0.2, 0.25) is 0 Å². The number of quaternary nitrogens is 1. The lowest BCUT2D eigenvalue weighted by atomic mass is 10.0. The van der Waals surface area contributed by atoms with Gasteiger partial charge >= 0.3 is 11.9 Å². The first-order chi connectivity index (χ1) is 27.1. The second kappa shape index (κ2) is 39.4. The number of nitrogens with zero attached hydrogens (tertiary/aromatic N) is 1. The van der Waals surface area contributed by atoms with Crippen LogP contribution >= 0.6 is 0 Å². The number of allylic oxidation sites excluding steroid dienone is 6. The van der Waals surface area contributed by atoms with Crippen LogP contribution in [0.2, 0.25) is 0 Å². The number of rotatable bonds is 41. The molecule has 0 aromatic carbocycles. The Morgan fingerprint density at radius 3 is 1.48 bits per heavy atom. The first-order valence-electron chi connectivity index (χ1n) is 23.0. The molecule has 0 aromatic rings. The number of ether oxygens (including phenoxy) is 3. The van der Waals surface area contributed by atoms with E-state index in [4.69, 9.17) is 14.2 Å². The zero-order chi connectivity index (χ0) is 41.4. The molecule has 0 aromatic heterocycles. The molecule has 0 fully saturated rings. The van der Waals surface area contributed by atoms with Crippen LogP contribution in [0.3, 0.4) is 0 Å². The van der Waals surface area contributed by atoms with Gasteiger partial charge in [-0.25, -0.2) is 0 Å². The molecule has 0 rings (SSSR count). The fourth-order valence-electron chi connectivity index (χ4n) is 6.73. The lowest BCUT2D eigenvalue weighted by molar-refractivity contribution is -0.889. The highest BCUT2D eigenvalue weighted by Gasteiger charge is 2.25. The second-order valence-electron chi connectivity index (χ2n) is 16.6. The number of aliphatic carboxylic acids is 1. The minimum Gasteiger partial charge on any atom is -0.544 e. The van der Waals surface area contributed by atoms with Crippen molar-refractivity contribution >= 4 is 17.9 Å². The third kappa shape index (κ3) is 37.1. The minimum atomic E-state index is -1.13. The number of hydrogen-bond acceptors (Lipinski definition) is 7. The monoisotopic (exact) mass is 790 g/mol. The highest BCUT2D eigenvalue weighted by molar-refractivity contribution is 5.70. The van der Waals surface area contributed by atoms with Gasteiger partial charge < -0.3 is 28.6 Å². The molecule has 0 N–H and O–H groups in total. The average molecular weight is 790 g/mol. The van der Waals surface area contributed by atoms with E-state index in [-0.39, 0.29) is 42.7 Å². The zero-order valence-corrected chi connectivity index (χ0v) is 37.1. The van der Waals surface area contributed by atoms with Crippen molar-refractivity contribution in [3.8, 4) is 0 Å². The summed E-state index contributed by atoms with van der Waals surface area (Å²) in [6.45, 7) is 4.54. The molecule has 56 heavy (non-hydrogen) atoms. The van der Waals surface area contributed by atoms with Crippen molar-refractivity contribution in [2.75, 3.05) is 41.0 Å². The highest BCUT2D eigenvalue weighted by atomic mass is 16.6. The molecule has 0 amide bonds. The van der Waals surface area contributed by atoms with Crippen molar-refractivity contribution in [2.45, 2.75) is 212 Å². The molecule has 2 atom stereocenters. The quantitative estimate of drug-likeness (QED) is 0.0263. The summed E-state index contributed by atoms with van der Waals surface area (Å²) in [5.41, 5.74) is 0. The number of hydrogen-bond donors (Lipinski definition) is 0. The van der Waals surface area contributed by atoms with Gasteiger partial charge in [0.1, 0.15) is 12.6 Å². The van der Waals surface area contributed by atoms with Gasteiger partial charge in [0.05, 0.1) is 40.3 Å². The van der Waals surface area contributed by atoms with E-state index in [1.165, 1.54) is 96.3 Å². The maximum absolute atomic E-state index is 12.7. The maximum Gasteiger partial charge on any atom is 0.306 e. The van der Waals surface area contributed by atoms with Crippen molar-refractivity contribution < 1.29 is 38.2 Å². The van der Waals surface area contributed by atoms with Crippen LogP contribution in [0.1, 0.15) is 200 Å². The highest BCUT2D eigenvalue weighted by Crippen LogP contribution is 2.15. The van der Waals surface area contributed by atoms with Gasteiger partial charge in [0.25, 0.3) is 0 Å². The number of likely N-dealkylation sites (N-methyl/N-ethyl adjacent to an activating group) is 1. The Morgan fingerprint density at radius 2 is 1.00 bits per heavy atom. The van der Waals surface area contributed by atoms with Gasteiger partial charge in [-0.1, -0.05) is 172 Å². The van der Waals surface area contributed by atoms with Gasteiger partial charge in [-0.15, -0.1) is 0 Å². The lowest BCUT2D eigenvalue weighted by Gasteiger charge is -2.34. The normalized spacial score (nSPS) is 13.2. The van der Waals surface area contributed by atoms with E-state index >= 15 is 0 Å². The number of carboxylic acid groups (broad SMARTS) is 1. The molecule has 0 aliphatic carbocycles. The van der Waals surface area contributed by atoms with Crippen molar-refractivity contribution in [3.63, 3.8) is 0 Å². The van der Waals surface area contributed by atoms with Crippen molar-refractivity contribution in [3.05, 3.63) is 36.5 Å². The molecule has 0 aliphatic rings. The minimum absolute atomic E-state index is 0.0338. The van der Waals surface area contributed by atoms with Crippen LogP contribution in [-0.4, -0.2) is 75.5 Å². The van der Waals surface area contributed by atoms with E-state index < -0.39 is 18.1 Å². The van der Waals surface area contributed by atoms with Crippen LogP contribution in [0.25, 0.3) is 0 Å². The average Bonchev–Trinajstić information content (AvgIpc) is 3.15. The summed E-state index contributed by atoms with van der Waals surface area (Å²) in [6, 6.07) is -0.728. The Hall–Kier alpha value is -2.45. The number of carboxylic acids is 1. The molecular weight excluding hydrogens is 703 g/mol. The van der Waals surface area contributed by atoms with E-state index in [0.29, 0.717) is 12.8 Å². The molecule has 8 heteroatoms. The molecule has 0 aliphatic heterocycles. The van der Waals surface area contributed by atoms with E-state index in [1.807, 2.05) is 0 Å². The van der Waals surface area contributed by atoms with Crippen LogP contribution in [0.5, 0.6) is 0 Å². The fraction of sp³-hybridized carbons (Fsp3) is 0.812.